The van der Waals surface area contributed by atoms with Crippen molar-refractivity contribution in [2.24, 2.45) is 0 Å². The summed E-state index contributed by atoms with van der Waals surface area (Å²) in [6, 6.07) is 46.4. The van der Waals surface area contributed by atoms with E-state index in [1.807, 2.05) is 61.1 Å². The van der Waals surface area contributed by atoms with E-state index in [9.17, 15) is 0 Å². The van der Waals surface area contributed by atoms with Crippen LogP contribution in [0.2, 0.25) is 0 Å². The number of hydrogen-bond donors (Lipinski definition) is 0. The lowest BCUT2D eigenvalue weighted by Gasteiger charge is -2.11. The number of pyridine rings is 3. The van der Waals surface area contributed by atoms with E-state index in [1.54, 1.807) is 11.3 Å². The zero-order valence-corrected chi connectivity index (χ0v) is 25.4. The summed E-state index contributed by atoms with van der Waals surface area (Å²) >= 11 is 1.71. The molecule has 5 heterocycles. The smallest absolute Gasteiger partial charge is 0.124 e. The molecule has 4 aromatic carbocycles. The maximum Gasteiger partial charge on any atom is 0.124 e. The summed E-state index contributed by atoms with van der Waals surface area (Å²) in [4.78, 5) is 18.9. The fourth-order valence-electron chi connectivity index (χ4n) is 6.21. The maximum atomic E-state index is 5.10. The lowest BCUT2D eigenvalue weighted by atomic mass is 10.1. The molecule has 0 saturated heterocycles. The predicted octanol–water partition coefficient (Wildman–Crippen LogP) is 10.2. The van der Waals surface area contributed by atoms with Crippen molar-refractivity contribution in [1.29, 1.82) is 0 Å². The van der Waals surface area contributed by atoms with Crippen LogP contribution in [0.5, 0.6) is 0 Å². The van der Waals surface area contributed by atoms with E-state index in [1.165, 1.54) is 10.8 Å². The van der Waals surface area contributed by atoms with Gasteiger partial charge in [-0.25, -0.2) is 4.98 Å². The van der Waals surface area contributed by atoms with Crippen LogP contribution in [0.1, 0.15) is 0 Å². The summed E-state index contributed by atoms with van der Waals surface area (Å²) in [5, 5.41) is 3.35. The number of hydrogen-bond acceptors (Lipinski definition) is 5. The Bertz CT molecular complexity index is 2520. The maximum absolute atomic E-state index is 5.10. The molecule has 0 aliphatic rings. The van der Waals surface area contributed by atoms with Crippen molar-refractivity contribution < 1.29 is 0 Å². The second kappa shape index (κ2) is 10.9. The molecule has 0 aliphatic carbocycles. The molecule has 0 atom stereocenters. The SMILES string of the molecule is c1ccc(-c2cccc(-n3c4ccc(-c5ccccn5)cc4c4ccc(-c5nc6cc(-c7ccccn7)ccc6s5)cc43)c2)nc1. The van der Waals surface area contributed by atoms with E-state index < -0.39 is 0 Å². The van der Waals surface area contributed by atoms with Gasteiger partial charge >= 0.3 is 0 Å². The first kappa shape index (κ1) is 26.4. The van der Waals surface area contributed by atoms with Gasteiger partial charge in [-0.15, -0.1) is 11.3 Å². The van der Waals surface area contributed by atoms with Gasteiger partial charge in [0.25, 0.3) is 0 Å². The van der Waals surface area contributed by atoms with Gasteiger partial charge in [0.1, 0.15) is 5.01 Å². The minimum Gasteiger partial charge on any atom is -0.309 e. The minimum atomic E-state index is 0.947. The molecule has 0 saturated carbocycles. The molecule has 9 rings (SSSR count). The third-order valence-electron chi connectivity index (χ3n) is 8.39. The number of aromatic nitrogens is 5. The summed E-state index contributed by atoms with van der Waals surface area (Å²) in [5.41, 5.74) is 11.5. The Hall–Kier alpha value is -5.98. The number of benzene rings is 4. The molecule has 0 bridgehead atoms. The Morgan fingerprint density at radius 2 is 1.11 bits per heavy atom. The van der Waals surface area contributed by atoms with Gasteiger partial charge in [0, 0.05) is 57.3 Å². The molecular weight excluding hydrogens is 583 g/mol. The minimum absolute atomic E-state index is 0.947. The molecule has 6 heteroatoms. The largest absolute Gasteiger partial charge is 0.309 e. The summed E-state index contributed by atoms with van der Waals surface area (Å²) in [6.45, 7) is 0. The Kier molecular flexibility index (Phi) is 6.25. The molecule has 0 fully saturated rings. The molecular formula is C40H25N5S. The Labute approximate surface area is 269 Å². The molecule has 5 aromatic heterocycles. The monoisotopic (exact) mass is 607 g/mol. The van der Waals surface area contributed by atoms with Crippen molar-refractivity contribution in [3.8, 4) is 50.0 Å². The van der Waals surface area contributed by atoms with E-state index >= 15 is 0 Å². The first-order valence-corrected chi connectivity index (χ1v) is 15.9. The molecule has 0 aliphatic heterocycles. The molecule has 46 heavy (non-hydrogen) atoms. The Morgan fingerprint density at radius 3 is 1.80 bits per heavy atom. The van der Waals surface area contributed by atoms with Crippen LogP contribution < -0.4 is 0 Å². The fourth-order valence-corrected chi connectivity index (χ4v) is 7.15. The average molecular weight is 608 g/mol. The molecule has 9 aromatic rings. The standard InChI is InChI=1S/C40H25N5S/c1-4-19-41-33(10-1)26-8-7-9-30(22-26)45-37-17-14-27(34-11-2-5-20-42-34)23-32(37)31-16-13-29(25-38(31)45)40-44-36-24-28(15-18-39(36)46-40)35-12-3-6-21-43-35/h1-25H. The van der Waals surface area contributed by atoms with E-state index in [0.717, 1.165) is 71.3 Å². The van der Waals surface area contributed by atoms with Crippen molar-refractivity contribution in [1.82, 2.24) is 24.5 Å². The van der Waals surface area contributed by atoms with Crippen molar-refractivity contribution in [3.05, 3.63) is 152 Å². The molecule has 216 valence electrons. The summed E-state index contributed by atoms with van der Waals surface area (Å²) < 4.78 is 3.51. The van der Waals surface area contributed by atoms with Crippen LogP contribution in [-0.4, -0.2) is 24.5 Å². The third-order valence-corrected chi connectivity index (χ3v) is 9.47. The first-order chi connectivity index (χ1) is 22.8. The molecule has 0 N–H and O–H groups in total. The second-order valence-corrected chi connectivity index (χ2v) is 12.2. The van der Waals surface area contributed by atoms with Gasteiger partial charge < -0.3 is 4.57 Å². The van der Waals surface area contributed by atoms with Crippen LogP contribution in [0.25, 0.3) is 82.1 Å². The number of fused-ring (bicyclic) bond motifs is 4. The second-order valence-electron chi connectivity index (χ2n) is 11.2. The lowest BCUT2D eigenvalue weighted by Crippen LogP contribution is -1.95. The van der Waals surface area contributed by atoms with Gasteiger partial charge in [-0.3, -0.25) is 15.0 Å². The van der Waals surface area contributed by atoms with Gasteiger partial charge in [-0.2, -0.15) is 0 Å². The van der Waals surface area contributed by atoms with Crippen LogP contribution in [0, 0.1) is 0 Å². The van der Waals surface area contributed by atoms with Crippen molar-refractivity contribution in [2.75, 3.05) is 0 Å². The summed E-state index contributed by atoms with van der Waals surface area (Å²) in [7, 11) is 0. The van der Waals surface area contributed by atoms with E-state index in [4.69, 9.17) is 4.98 Å². The lowest BCUT2D eigenvalue weighted by molar-refractivity contribution is 1.18. The Balaban J connectivity index is 1.24. The van der Waals surface area contributed by atoms with Gasteiger partial charge in [0.2, 0.25) is 0 Å². The van der Waals surface area contributed by atoms with E-state index in [2.05, 4.69) is 111 Å². The zero-order valence-electron chi connectivity index (χ0n) is 24.6. The number of rotatable bonds is 5. The van der Waals surface area contributed by atoms with Crippen molar-refractivity contribution in [3.63, 3.8) is 0 Å². The number of nitrogens with zero attached hydrogens (tertiary/aromatic N) is 5. The van der Waals surface area contributed by atoms with Crippen molar-refractivity contribution >= 4 is 43.4 Å². The predicted molar refractivity (Wildman–Crippen MR) is 189 cm³/mol. The van der Waals surface area contributed by atoms with Gasteiger partial charge in [-0.05, 0) is 78.9 Å². The van der Waals surface area contributed by atoms with Gasteiger partial charge in [0.05, 0.1) is 38.3 Å². The number of thiazole rings is 1. The topological polar surface area (TPSA) is 56.5 Å². The fraction of sp³-hybridized carbons (Fsp3) is 0. The first-order valence-electron chi connectivity index (χ1n) is 15.1. The van der Waals surface area contributed by atoms with E-state index in [0.29, 0.717) is 0 Å². The highest BCUT2D eigenvalue weighted by atomic mass is 32.1. The van der Waals surface area contributed by atoms with Crippen LogP contribution >= 0.6 is 11.3 Å². The highest BCUT2D eigenvalue weighted by molar-refractivity contribution is 7.21. The molecule has 5 nitrogen and oxygen atoms in total. The average Bonchev–Trinajstić information content (AvgIpc) is 3.71. The highest BCUT2D eigenvalue weighted by Gasteiger charge is 2.17. The quantitative estimate of drug-likeness (QED) is 0.195. The van der Waals surface area contributed by atoms with Gasteiger partial charge in [0.15, 0.2) is 0 Å². The van der Waals surface area contributed by atoms with Crippen LogP contribution in [0.3, 0.4) is 0 Å². The molecule has 0 radical (unpaired) electrons. The summed E-state index contributed by atoms with van der Waals surface area (Å²) in [5.74, 6) is 0. The van der Waals surface area contributed by atoms with Crippen LogP contribution in [0.4, 0.5) is 0 Å². The summed E-state index contributed by atoms with van der Waals surface area (Å²) in [6.07, 6.45) is 5.51. The highest BCUT2D eigenvalue weighted by Crippen LogP contribution is 2.39. The molecule has 0 unspecified atom stereocenters. The molecule has 0 spiro atoms. The van der Waals surface area contributed by atoms with Crippen molar-refractivity contribution in [2.45, 2.75) is 0 Å². The Morgan fingerprint density at radius 1 is 0.457 bits per heavy atom. The zero-order chi connectivity index (χ0) is 30.5. The normalized spacial score (nSPS) is 11.5. The van der Waals surface area contributed by atoms with Gasteiger partial charge in [-0.1, -0.05) is 54.6 Å². The van der Waals surface area contributed by atoms with Crippen LogP contribution in [-0.2, 0) is 0 Å². The third kappa shape index (κ3) is 4.55. The molecule has 0 amide bonds. The van der Waals surface area contributed by atoms with E-state index in [-0.39, 0.29) is 0 Å². The van der Waals surface area contributed by atoms with Crippen LogP contribution in [0.15, 0.2) is 152 Å².